The molecule has 0 bridgehead atoms. The minimum absolute atomic E-state index is 0.123. The van der Waals surface area contributed by atoms with Crippen LogP contribution in [0.25, 0.3) is 17.1 Å². The number of para-hydroxylation sites is 1. The average molecular weight is 463 g/mol. The van der Waals surface area contributed by atoms with Crippen molar-refractivity contribution in [2.75, 3.05) is 19.4 Å². The lowest BCUT2D eigenvalue weighted by Gasteiger charge is -2.26. The summed E-state index contributed by atoms with van der Waals surface area (Å²) in [4.78, 5) is 16.3. The number of amides is 1. The molecule has 0 fully saturated rings. The quantitative estimate of drug-likeness (QED) is 0.389. The fourth-order valence-electron chi connectivity index (χ4n) is 3.80. The number of thioether (sulfide) groups is 1. The second kappa shape index (κ2) is 9.18. The highest BCUT2D eigenvalue weighted by Crippen LogP contribution is 2.30. The first-order chi connectivity index (χ1) is 15.7. The van der Waals surface area contributed by atoms with Crippen molar-refractivity contribution in [2.45, 2.75) is 18.1 Å². The Labute approximate surface area is 194 Å². The van der Waals surface area contributed by atoms with Crippen molar-refractivity contribution in [1.29, 1.82) is 0 Å². The van der Waals surface area contributed by atoms with Gasteiger partial charge < -0.3 is 9.64 Å². The van der Waals surface area contributed by atoms with Gasteiger partial charge in [-0.25, -0.2) is 0 Å². The van der Waals surface area contributed by atoms with E-state index in [1.807, 2.05) is 64.1 Å². The molecular formula is C24H22N4O2S2. The Balaban J connectivity index is 1.40. The molecule has 162 valence electrons. The smallest absolute Gasteiger partial charge is 0.233 e. The van der Waals surface area contributed by atoms with Gasteiger partial charge in [0.2, 0.25) is 5.91 Å². The monoisotopic (exact) mass is 462 g/mol. The number of fused-ring (bicyclic) bond motifs is 1. The number of benzene rings is 2. The van der Waals surface area contributed by atoms with E-state index in [0.717, 1.165) is 30.0 Å². The molecule has 1 aliphatic rings. The molecule has 6 nitrogen and oxygen atoms in total. The van der Waals surface area contributed by atoms with Gasteiger partial charge in [0.15, 0.2) is 11.0 Å². The number of nitrogens with zero attached hydrogens (tertiary/aromatic N) is 4. The third kappa shape index (κ3) is 4.16. The highest BCUT2D eigenvalue weighted by atomic mass is 32.2. The van der Waals surface area contributed by atoms with Gasteiger partial charge in [0.25, 0.3) is 0 Å². The van der Waals surface area contributed by atoms with Gasteiger partial charge >= 0.3 is 0 Å². The van der Waals surface area contributed by atoms with Gasteiger partial charge in [-0.1, -0.05) is 42.1 Å². The molecule has 0 radical (unpaired) electrons. The lowest BCUT2D eigenvalue weighted by atomic mass is 10.1. The van der Waals surface area contributed by atoms with Gasteiger partial charge in [-0.2, -0.15) is 0 Å². The van der Waals surface area contributed by atoms with Crippen LogP contribution in [0.4, 0.5) is 0 Å². The van der Waals surface area contributed by atoms with E-state index in [-0.39, 0.29) is 5.91 Å². The maximum Gasteiger partial charge on any atom is 0.233 e. The molecule has 3 heterocycles. The molecule has 2 aromatic carbocycles. The van der Waals surface area contributed by atoms with E-state index in [1.165, 1.54) is 22.2 Å². The number of rotatable bonds is 6. The highest BCUT2D eigenvalue weighted by Gasteiger charge is 2.23. The molecule has 0 spiro atoms. The van der Waals surface area contributed by atoms with E-state index in [9.17, 15) is 4.79 Å². The SMILES string of the molecule is COc1cccc(-c2nnc(SCC(=O)N3CCc4sccc4C3)n2-c2ccccc2)c1. The highest BCUT2D eigenvalue weighted by molar-refractivity contribution is 7.99. The number of hydrogen-bond donors (Lipinski definition) is 0. The number of carbonyl (C=O) groups excluding carboxylic acids is 1. The van der Waals surface area contributed by atoms with E-state index >= 15 is 0 Å². The molecule has 0 aliphatic carbocycles. The Kier molecular flexibility index (Phi) is 5.96. The predicted molar refractivity (Wildman–Crippen MR) is 128 cm³/mol. The molecule has 32 heavy (non-hydrogen) atoms. The molecule has 8 heteroatoms. The Morgan fingerprint density at radius 1 is 1.12 bits per heavy atom. The number of thiophene rings is 1. The van der Waals surface area contributed by atoms with E-state index < -0.39 is 0 Å². The van der Waals surface area contributed by atoms with Crippen molar-refractivity contribution in [3.8, 4) is 22.8 Å². The van der Waals surface area contributed by atoms with Crippen LogP contribution in [-0.4, -0.2) is 45.0 Å². The van der Waals surface area contributed by atoms with Crippen molar-refractivity contribution >= 4 is 29.0 Å². The summed E-state index contributed by atoms with van der Waals surface area (Å²) in [5, 5.41) is 11.7. The van der Waals surface area contributed by atoms with Gasteiger partial charge in [-0.3, -0.25) is 9.36 Å². The molecule has 5 rings (SSSR count). The molecule has 0 saturated carbocycles. The van der Waals surface area contributed by atoms with Crippen molar-refractivity contribution in [3.63, 3.8) is 0 Å². The maximum atomic E-state index is 12.9. The molecular weight excluding hydrogens is 440 g/mol. The zero-order valence-corrected chi connectivity index (χ0v) is 19.2. The summed E-state index contributed by atoms with van der Waals surface area (Å²) >= 11 is 3.20. The van der Waals surface area contributed by atoms with Gasteiger partial charge in [0, 0.05) is 29.2 Å². The van der Waals surface area contributed by atoms with Crippen LogP contribution in [0, 0.1) is 0 Å². The van der Waals surface area contributed by atoms with Crippen LogP contribution in [0.1, 0.15) is 10.4 Å². The van der Waals surface area contributed by atoms with E-state index in [1.54, 1.807) is 18.4 Å². The molecule has 0 N–H and O–H groups in total. The topological polar surface area (TPSA) is 60.3 Å². The van der Waals surface area contributed by atoms with E-state index in [0.29, 0.717) is 23.3 Å². The van der Waals surface area contributed by atoms with Crippen LogP contribution in [0.2, 0.25) is 0 Å². The number of carbonyl (C=O) groups is 1. The first-order valence-electron chi connectivity index (χ1n) is 10.3. The molecule has 0 saturated heterocycles. The molecule has 2 aromatic heterocycles. The average Bonchev–Trinajstić information content (AvgIpc) is 3.49. The fourth-order valence-corrected chi connectivity index (χ4v) is 5.55. The molecule has 4 aromatic rings. The molecule has 0 unspecified atom stereocenters. The van der Waals surface area contributed by atoms with Crippen LogP contribution in [-0.2, 0) is 17.8 Å². The van der Waals surface area contributed by atoms with Gasteiger partial charge in [0.1, 0.15) is 5.75 Å². The van der Waals surface area contributed by atoms with Crippen molar-refractivity contribution < 1.29 is 9.53 Å². The van der Waals surface area contributed by atoms with Gasteiger partial charge in [-0.05, 0) is 47.7 Å². The third-order valence-corrected chi connectivity index (χ3v) is 7.40. The van der Waals surface area contributed by atoms with Crippen LogP contribution >= 0.6 is 23.1 Å². The number of ether oxygens (including phenoxy) is 1. The summed E-state index contributed by atoms with van der Waals surface area (Å²) in [5.74, 6) is 1.92. The van der Waals surface area contributed by atoms with Crippen LogP contribution < -0.4 is 4.74 Å². The second-order valence-electron chi connectivity index (χ2n) is 7.43. The van der Waals surface area contributed by atoms with Crippen molar-refractivity contribution in [3.05, 3.63) is 76.5 Å². The van der Waals surface area contributed by atoms with E-state index in [2.05, 4.69) is 21.6 Å². The summed E-state index contributed by atoms with van der Waals surface area (Å²) < 4.78 is 7.38. The zero-order chi connectivity index (χ0) is 21.9. The Morgan fingerprint density at radius 2 is 2.00 bits per heavy atom. The molecule has 1 aliphatic heterocycles. The number of aromatic nitrogens is 3. The Hall–Kier alpha value is -3.10. The van der Waals surface area contributed by atoms with Gasteiger partial charge in [-0.15, -0.1) is 21.5 Å². The zero-order valence-electron chi connectivity index (χ0n) is 17.6. The summed E-state index contributed by atoms with van der Waals surface area (Å²) in [6, 6.07) is 19.9. The third-order valence-electron chi connectivity index (χ3n) is 5.46. The lowest BCUT2D eigenvalue weighted by Crippen LogP contribution is -2.36. The minimum Gasteiger partial charge on any atom is -0.497 e. The first-order valence-corrected chi connectivity index (χ1v) is 12.2. The Morgan fingerprint density at radius 3 is 2.84 bits per heavy atom. The maximum absolute atomic E-state index is 12.9. The summed E-state index contributed by atoms with van der Waals surface area (Å²) in [6.45, 7) is 1.46. The van der Waals surface area contributed by atoms with Crippen molar-refractivity contribution in [1.82, 2.24) is 19.7 Å². The lowest BCUT2D eigenvalue weighted by molar-refractivity contribution is -0.129. The van der Waals surface area contributed by atoms with Crippen LogP contribution in [0.15, 0.2) is 71.2 Å². The minimum atomic E-state index is 0.123. The summed E-state index contributed by atoms with van der Waals surface area (Å²) in [7, 11) is 1.65. The normalized spacial score (nSPS) is 13.1. The van der Waals surface area contributed by atoms with Crippen LogP contribution in [0.5, 0.6) is 5.75 Å². The summed E-state index contributed by atoms with van der Waals surface area (Å²) in [5.41, 5.74) is 3.12. The predicted octanol–water partition coefficient (Wildman–Crippen LogP) is 4.68. The molecule has 1 amide bonds. The largest absolute Gasteiger partial charge is 0.497 e. The molecule has 0 atom stereocenters. The standard InChI is InChI=1S/C24H22N4O2S2/c1-30-20-9-5-6-17(14-20)23-25-26-24(28(23)19-7-3-2-4-8-19)32-16-22(29)27-12-10-21-18(15-27)11-13-31-21/h2-9,11,13-14H,10,12,15-16H2,1H3. The Bertz CT molecular complexity index is 1240. The fraction of sp³-hybridized carbons (Fsp3) is 0.208. The van der Waals surface area contributed by atoms with Gasteiger partial charge in [0.05, 0.1) is 12.9 Å². The second-order valence-corrected chi connectivity index (χ2v) is 9.38. The number of methoxy groups -OCH3 is 1. The van der Waals surface area contributed by atoms with Crippen molar-refractivity contribution in [2.24, 2.45) is 0 Å². The van der Waals surface area contributed by atoms with E-state index in [4.69, 9.17) is 4.74 Å². The number of hydrogen-bond acceptors (Lipinski definition) is 6. The summed E-state index contributed by atoms with van der Waals surface area (Å²) in [6.07, 6.45) is 0.934. The first kappa shape index (κ1) is 20.8. The van der Waals surface area contributed by atoms with Crippen LogP contribution in [0.3, 0.4) is 0 Å².